The van der Waals surface area contributed by atoms with E-state index in [-0.39, 0.29) is 0 Å². The minimum absolute atomic E-state index is 0.793. The zero-order valence-corrected chi connectivity index (χ0v) is 38.9. The lowest BCUT2D eigenvalue weighted by molar-refractivity contribution is 0.631. The molecule has 11 aromatic carbocycles. The number of fused-ring (bicyclic) bond motifs is 6. The molecule has 0 aliphatic carbocycles. The fourth-order valence-electron chi connectivity index (χ4n) is 10.1. The molecular formula is C66H44N2OS. The second-order valence-electron chi connectivity index (χ2n) is 17.7. The van der Waals surface area contributed by atoms with Gasteiger partial charge in [0.15, 0.2) is 0 Å². The molecule has 0 unspecified atom stereocenters. The van der Waals surface area contributed by atoms with Gasteiger partial charge in [0.05, 0.1) is 0 Å². The Bertz CT molecular complexity index is 3950. The van der Waals surface area contributed by atoms with E-state index < -0.39 is 0 Å². The summed E-state index contributed by atoms with van der Waals surface area (Å²) >= 11 is 1.86. The summed E-state index contributed by atoms with van der Waals surface area (Å²) in [6.07, 6.45) is 0. The topological polar surface area (TPSA) is 19.6 Å². The maximum Gasteiger partial charge on any atom is 0.135 e. The third kappa shape index (κ3) is 7.57. The monoisotopic (exact) mass is 912 g/mol. The molecule has 0 bridgehead atoms. The molecule has 0 atom stereocenters. The summed E-state index contributed by atoms with van der Waals surface area (Å²) in [4.78, 5) is 4.69. The SMILES string of the molecule is c1ccc(-c2ccc(-c3cccc(N(c4ccccc4)c4cc(-c5cc6cc(-c7cccc8sc9ccc%10ccccc%10c9c78)ccc6o5)cc(N(c5ccccc5)c5ccccc5)c4)c3)cc2)cc1. The van der Waals surface area contributed by atoms with Gasteiger partial charge in [0.2, 0.25) is 0 Å². The number of para-hydroxylation sites is 3. The van der Waals surface area contributed by atoms with Crippen LogP contribution < -0.4 is 9.80 Å². The first-order chi connectivity index (χ1) is 34.7. The Kier molecular flexibility index (Phi) is 10.4. The second kappa shape index (κ2) is 17.6. The minimum atomic E-state index is 0.793. The minimum Gasteiger partial charge on any atom is -0.456 e. The summed E-state index contributed by atoms with van der Waals surface area (Å²) in [6, 6.07) is 95.8. The van der Waals surface area contributed by atoms with E-state index in [1.807, 2.05) is 11.3 Å². The smallest absolute Gasteiger partial charge is 0.135 e. The van der Waals surface area contributed by atoms with E-state index >= 15 is 0 Å². The average molecular weight is 913 g/mol. The second-order valence-corrected chi connectivity index (χ2v) is 18.8. The largest absolute Gasteiger partial charge is 0.456 e. The van der Waals surface area contributed by atoms with Crippen LogP contribution in [0.5, 0.6) is 0 Å². The molecule has 0 N–H and O–H groups in total. The molecule has 0 radical (unpaired) electrons. The molecule has 330 valence electrons. The highest BCUT2D eigenvalue weighted by atomic mass is 32.1. The lowest BCUT2D eigenvalue weighted by atomic mass is 9.96. The van der Waals surface area contributed by atoms with Crippen LogP contribution in [0.25, 0.3) is 86.6 Å². The maximum absolute atomic E-state index is 6.92. The predicted octanol–water partition coefficient (Wildman–Crippen LogP) is 19.6. The van der Waals surface area contributed by atoms with Crippen LogP contribution in [0.4, 0.5) is 34.1 Å². The van der Waals surface area contributed by atoms with Crippen LogP contribution in [-0.4, -0.2) is 0 Å². The standard InChI is InChI=1S/C66H44N2OS/c1-5-17-45(18-6-1)46-31-33-47(34-32-46)49-20-15-27-56(40-49)68(55-25-11-4-12-26-55)58-42-52(41-57(44-58)67(53-21-7-2-8-22-53)54-23-9-3-10-24-54)62-43-51-39-50(35-37-61(51)69-62)60-29-16-30-63-66(60)65-59-28-14-13-19-48(59)36-38-64(65)70-63/h1-44H. The number of thiophene rings is 1. The number of hydrogen-bond donors (Lipinski definition) is 0. The quantitative estimate of drug-likeness (QED) is 0.136. The Morgan fingerprint density at radius 3 is 1.49 bits per heavy atom. The van der Waals surface area contributed by atoms with E-state index in [2.05, 4.69) is 277 Å². The Morgan fingerprint density at radius 1 is 0.286 bits per heavy atom. The van der Waals surface area contributed by atoms with E-state index in [1.54, 1.807) is 0 Å². The zero-order chi connectivity index (χ0) is 46.4. The number of benzene rings is 11. The van der Waals surface area contributed by atoms with Gasteiger partial charge in [-0.1, -0.05) is 170 Å². The van der Waals surface area contributed by atoms with Crippen molar-refractivity contribution in [3.8, 4) is 44.7 Å². The van der Waals surface area contributed by atoms with Gasteiger partial charge >= 0.3 is 0 Å². The molecule has 13 aromatic rings. The van der Waals surface area contributed by atoms with Crippen molar-refractivity contribution in [2.24, 2.45) is 0 Å². The van der Waals surface area contributed by atoms with Crippen LogP contribution in [0.15, 0.2) is 271 Å². The number of hydrogen-bond acceptors (Lipinski definition) is 4. The number of rotatable bonds is 10. The van der Waals surface area contributed by atoms with Crippen LogP contribution in [-0.2, 0) is 0 Å². The van der Waals surface area contributed by atoms with Crippen molar-refractivity contribution in [1.29, 1.82) is 0 Å². The van der Waals surface area contributed by atoms with E-state index in [4.69, 9.17) is 4.42 Å². The van der Waals surface area contributed by atoms with Crippen molar-refractivity contribution >= 4 is 87.4 Å². The molecule has 3 nitrogen and oxygen atoms in total. The summed E-state index contributed by atoms with van der Waals surface area (Å²) in [5.74, 6) is 0.793. The molecule has 0 fully saturated rings. The third-order valence-electron chi connectivity index (χ3n) is 13.4. The van der Waals surface area contributed by atoms with E-state index in [0.29, 0.717) is 0 Å². The Balaban J connectivity index is 0.975. The molecule has 13 rings (SSSR count). The van der Waals surface area contributed by atoms with E-state index in [0.717, 1.165) is 73.1 Å². The van der Waals surface area contributed by atoms with Crippen LogP contribution in [0, 0.1) is 0 Å². The first-order valence-corrected chi connectivity index (χ1v) is 24.5. The first kappa shape index (κ1) is 41.2. The molecule has 0 aliphatic heterocycles. The van der Waals surface area contributed by atoms with Gasteiger partial charge in [-0.25, -0.2) is 0 Å². The van der Waals surface area contributed by atoms with Gasteiger partial charge in [0.1, 0.15) is 11.3 Å². The molecular weight excluding hydrogens is 869 g/mol. The fourth-order valence-corrected chi connectivity index (χ4v) is 11.3. The van der Waals surface area contributed by atoms with Crippen LogP contribution in [0.2, 0.25) is 0 Å². The van der Waals surface area contributed by atoms with Gasteiger partial charge in [-0.05, 0) is 141 Å². The number of nitrogens with zero attached hydrogens (tertiary/aromatic N) is 2. The highest BCUT2D eigenvalue weighted by Crippen LogP contribution is 2.47. The predicted molar refractivity (Wildman–Crippen MR) is 298 cm³/mol. The Labute approximate surface area is 411 Å². The number of anilines is 6. The molecule has 0 amide bonds. The van der Waals surface area contributed by atoms with Crippen LogP contribution in [0.1, 0.15) is 0 Å². The number of furan rings is 1. The van der Waals surface area contributed by atoms with Crippen molar-refractivity contribution in [1.82, 2.24) is 0 Å². The van der Waals surface area contributed by atoms with Crippen molar-refractivity contribution in [3.05, 3.63) is 267 Å². The van der Waals surface area contributed by atoms with E-state index in [1.165, 1.54) is 47.6 Å². The van der Waals surface area contributed by atoms with Gasteiger partial charge in [0.25, 0.3) is 0 Å². The van der Waals surface area contributed by atoms with Crippen molar-refractivity contribution in [2.45, 2.75) is 0 Å². The molecule has 2 aromatic heterocycles. The van der Waals surface area contributed by atoms with Crippen molar-refractivity contribution in [2.75, 3.05) is 9.80 Å². The van der Waals surface area contributed by atoms with Gasteiger partial charge in [0, 0.05) is 65.2 Å². The van der Waals surface area contributed by atoms with Crippen LogP contribution >= 0.6 is 11.3 Å². The first-order valence-electron chi connectivity index (χ1n) is 23.7. The summed E-state index contributed by atoms with van der Waals surface area (Å²) in [5, 5.41) is 6.22. The molecule has 70 heavy (non-hydrogen) atoms. The lowest BCUT2D eigenvalue weighted by Gasteiger charge is -2.30. The molecule has 0 spiro atoms. The third-order valence-corrected chi connectivity index (χ3v) is 14.5. The van der Waals surface area contributed by atoms with Crippen molar-refractivity contribution < 1.29 is 4.42 Å². The molecule has 4 heteroatoms. The highest BCUT2D eigenvalue weighted by Gasteiger charge is 2.22. The summed E-state index contributed by atoms with van der Waals surface area (Å²) in [5.41, 5.74) is 15.1. The normalized spacial score (nSPS) is 11.4. The summed E-state index contributed by atoms with van der Waals surface area (Å²) < 4.78 is 9.51. The van der Waals surface area contributed by atoms with Crippen LogP contribution in [0.3, 0.4) is 0 Å². The van der Waals surface area contributed by atoms with Gasteiger partial charge in [-0.2, -0.15) is 0 Å². The van der Waals surface area contributed by atoms with Crippen molar-refractivity contribution in [3.63, 3.8) is 0 Å². The van der Waals surface area contributed by atoms with Gasteiger partial charge in [-0.15, -0.1) is 11.3 Å². The Morgan fingerprint density at radius 2 is 0.800 bits per heavy atom. The molecule has 0 aliphatic rings. The molecule has 0 saturated heterocycles. The summed E-state index contributed by atoms with van der Waals surface area (Å²) in [6.45, 7) is 0. The molecule has 2 heterocycles. The average Bonchev–Trinajstić information content (AvgIpc) is 4.05. The fraction of sp³-hybridized carbons (Fsp3) is 0. The Hall–Kier alpha value is -8.96. The lowest BCUT2D eigenvalue weighted by Crippen LogP contribution is -2.13. The molecule has 0 saturated carbocycles. The maximum atomic E-state index is 6.92. The summed E-state index contributed by atoms with van der Waals surface area (Å²) in [7, 11) is 0. The van der Waals surface area contributed by atoms with Gasteiger partial charge in [-0.3, -0.25) is 0 Å². The van der Waals surface area contributed by atoms with E-state index in [9.17, 15) is 0 Å². The zero-order valence-electron chi connectivity index (χ0n) is 38.1. The van der Waals surface area contributed by atoms with Gasteiger partial charge < -0.3 is 14.2 Å². The highest BCUT2D eigenvalue weighted by molar-refractivity contribution is 7.26.